The van der Waals surface area contributed by atoms with Gasteiger partial charge in [-0.2, -0.15) is 0 Å². The molecule has 0 saturated carbocycles. The topological polar surface area (TPSA) is 91.1 Å². The van der Waals surface area contributed by atoms with Gasteiger partial charge in [0.15, 0.2) is 0 Å². The van der Waals surface area contributed by atoms with Crippen molar-refractivity contribution < 1.29 is 9.39 Å². The number of hydrogen-bond acceptors (Lipinski definition) is 4. The summed E-state index contributed by atoms with van der Waals surface area (Å²) in [6.07, 6.45) is -1.26. The summed E-state index contributed by atoms with van der Waals surface area (Å²) in [5.41, 5.74) is 8.47. The maximum absolute atomic E-state index is 8.47. The Balaban J connectivity index is 2.63. The summed E-state index contributed by atoms with van der Waals surface area (Å²) in [6, 6.07) is -0.530. The Bertz CT molecular complexity index is 898. The number of ether oxygens (including phenoxy) is 1. The van der Waals surface area contributed by atoms with Crippen molar-refractivity contribution >= 4 is 7.27 Å². The molecule has 6 nitrogen and oxygen atoms in total. The molecule has 0 spiro atoms. The summed E-state index contributed by atoms with van der Waals surface area (Å²) in [5.74, 6) is 30.5. The van der Waals surface area contributed by atoms with E-state index in [2.05, 4.69) is 81.1 Å². The number of azide groups is 1. The predicted molar refractivity (Wildman–Crippen MR) is 88.4 cm³/mol. The molecular formula is C17H9BN4O2. The van der Waals surface area contributed by atoms with Crippen molar-refractivity contribution in [1.82, 2.24) is 0 Å². The Morgan fingerprint density at radius 3 is 2.21 bits per heavy atom. The summed E-state index contributed by atoms with van der Waals surface area (Å²) in [6.45, 7) is 1.86. The minimum absolute atomic E-state index is 0.175. The average Bonchev–Trinajstić information content (AvgIpc) is 2.95. The first-order chi connectivity index (χ1) is 11.8. The standard InChI is InChI=1S/C17H9BN4O2/c1-2-3-4-5-6-7-8-9-10-11-12-13-16-17(24-18-19)15(14-23-16)21-22-20/h15-17,19H,14H2,1H3/t15-,16+,17-/m0/s1. The van der Waals surface area contributed by atoms with E-state index < -0.39 is 18.2 Å². The molecule has 24 heavy (non-hydrogen) atoms. The zero-order chi connectivity index (χ0) is 17.5. The van der Waals surface area contributed by atoms with Gasteiger partial charge in [0, 0.05) is 0 Å². The molecule has 1 fully saturated rings. The SMILES string of the molecule is CC#CC#CC#CC#CC#CC#C[C@H]1OC[C@H](N=[N+]=[N-])[C@@H]1OB=N. The van der Waals surface area contributed by atoms with Crippen LogP contribution in [0.1, 0.15) is 6.92 Å². The normalized spacial score (nSPS) is 18.8. The molecule has 1 saturated heterocycles. The van der Waals surface area contributed by atoms with Gasteiger partial charge in [-0.15, -0.1) is 0 Å². The van der Waals surface area contributed by atoms with Gasteiger partial charge >= 0.3 is 116 Å². The molecule has 0 aromatic rings. The van der Waals surface area contributed by atoms with Crippen LogP contribution in [0.4, 0.5) is 0 Å². The molecule has 1 aliphatic heterocycles. The zero-order valence-corrected chi connectivity index (χ0v) is 12.7. The van der Waals surface area contributed by atoms with Crippen LogP contribution in [0.5, 0.6) is 0 Å². The van der Waals surface area contributed by atoms with Gasteiger partial charge in [-0.1, -0.05) is 5.92 Å². The van der Waals surface area contributed by atoms with Crippen molar-refractivity contribution in [2.75, 3.05) is 6.61 Å². The predicted octanol–water partition coefficient (Wildman–Crippen LogP) is 0.871. The molecule has 0 bridgehead atoms. The van der Waals surface area contributed by atoms with Gasteiger partial charge in [0.05, 0.1) is 0 Å². The molecule has 7 heteroatoms. The van der Waals surface area contributed by atoms with Crippen LogP contribution in [0.2, 0.25) is 0 Å². The van der Waals surface area contributed by atoms with Crippen molar-refractivity contribution in [1.29, 1.82) is 5.31 Å². The maximum atomic E-state index is 8.47. The summed E-state index contributed by atoms with van der Waals surface area (Å²) in [4.78, 5) is 2.71. The van der Waals surface area contributed by atoms with E-state index in [1.807, 2.05) is 0 Å². The van der Waals surface area contributed by atoms with Gasteiger partial charge < -0.3 is 0 Å². The van der Waals surface area contributed by atoms with Crippen molar-refractivity contribution in [3.05, 3.63) is 10.4 Å². The zero-order valence-electron chi connectivity index (χ0n) is 12.7. The Morgan fingerprint density at radius 1 is 1.08 bits per heavy atom. The van der Waals surface area contributed by atoms with Crippen molar-refractivity contribution in [3.8, 4) is 71.0 Å². The van der Waals surface area contributed by atoms with E-state index >= 15 is 0 Å². The van der Waals surface area contributed by atoms with Crippen molar-refractivity contribution in [3.63, 3.8) is 0 Å². The fourth-order valence-electron chi connectivity index (χ4n) is 1.54. The molecule has 0 amide bonds. The molecule has 0 unspecified atom stereocenters. The number of nitrogens with one attached hydrogen (secondary N) is 1. The van der Waals surface area contributed by atoms with Crippen molar-refractivity contribution in [2.24, 2.45) is 5.11 Å². The van der Waals surface area contributed by atoms with Crippen LogP contribution in [-0.2, 0) is 9.39 Å². The van der Waals surface area contributed by atoms with Crippen LogP contribution in [0.25, 0.3) is 10.4 Å². The number of hydrogen-bond donors (Lipinski definition) is 1. The third-order valence-electron chi connectivity index (χ3n) is 2.45. The molecule has 1 heterocycles. The van der Waals surface area contributed by atoms with E-state index in [0.29, 0.717) is 0 Å². The molecule has 1 N–H and O–H groups in total. The van der Waals surface area contributed by atoms with Crippen LogP contribution in [0, 0.1) is 76.4 Å². The van der Waals surface area contributed by atoms with Crippen LogP contribution in [0.15, 0.2) is 5.11 Å². The van der Waals surface area contributed by atoms with E-state index in [4.69, 9.17) is 20.2 Å². The molecule has 3 atom stereocenters. The van der Waals surface area contributed by atoms with Crippen LogP contribution >= 0.6 is 0 Å². The third kappa shape index (κ3) is 6.84. The molecule has 1 rings (SSSR count). The Hall–Kier alpha value is -3.71. The van der Waals surface area contributed by atoms with Gasteiger partial charge in [0.25, 0.3) is 0 Å². The van der Waals surface area contributed by atoms with E-state index in [1.54, 1.807) is 6.92 Å². The Labute approximate surface area is 141 Å². The monoisotopic (exact) mass is 312 g/mol. The first-order valence-corrected chi connectivity index (χ1v) is 6.56. The molecule has 112 valence electrons. The molecular weight excluding hydrogens is 303 g/mol. The number of nitrogens with zero attached hydrogens (tertiary/aromatic N) is 3. The molecule has 0 aromatic heterocycles. The summed E-state index contributed by atoms with van der Waals surface area (Å²) in [7, 11) is 0.763. The van der Waals surface area contributed by atoms with Gasteiger partial charge in [-0.05, 0) is 18.8 Å². The van der Waals surface area contributed by atoms with Gasteiger partial charge in [0.2, 0.25) is 0 Å². The third-order valence-corrected chi connectivity index (χ3v) is 2.45. The molecule has 1 aliphatic rings. The van der Waals surface area contributed by atoms with E-state index in [-0.39, 0.29) is 6.61 Å². The second-order valence-electron chi connectivity index (χ2n) is 3.89. The van der Waals surface area contributed by atoms with Gasteiger partial charge in [0.1, 0.15) is 0 Å². The fourth-order valence-corrected chi connectivity index (χ4v) is 1.54. The molecule has 0 aromatic carbocycles. The second-order valence-corrected chi connectivity index (χ2v) is 3.89. The van der Waals surface area contributed by atoms with Crippen LogP contribution < -0.4 is 0 Å². The van der Waals surface area contributed by atoms with Gasteiger partial charge in [-0.25, -0.2) is 0 Å². The summed E-state index contributed by atoms with van der Waals surface area (Å²) < 4.78 is 10.4. The summed E-state index contributed by atoms with van der Waals surface area (Å²) in [5, 5.41) is 10.5. The Kier molecular flexibility index (Phi) is 9.10. The van der Waals surface area contributed by atoms with Gasteiger partial charge in [-0.3, -0.25) is 0 Å². The number of rotatable bonds is 3. The minimum atomic E-state index is -0.630. The van der Waals surface area contributed by atoms with Crippen LogP contribution in [-0.4, -0.2) is 32.1 Å². The van der Waals surface area contributed by atoms with Crippen LogP contribution in [0.3, 0.4) is 0 Å². The first-order valence-electron chi connectivity index (χ1n) is 6.56. The van der Waals surface area contributed by atoms with E-state index in [1.165, 1.54) is 0 Å². The second kappa shape index (κ2) is 11.9. The van der Waals surface area contributed by atoms with E-state index in [9.17, 15) is 0 Å². The first kappa shape index (κ1) is 18.3. The van der Waals surface area contributed by atoms with Crippen molar-refractivity contribution in [2.45, 2.75) is 25.2 Å². The summed E-state index contributed by atoms with van der Waals surface area (Å²) >= 11 is 0. The van der Waals surface area contributed by atoms with E-state index in [0.717, 1.165) is 7.27 Å². The average molecular weight is 312 g/mol. The Morgan fingerprint density at radius 2 is 1.67 bits per heavy atom. The molecule has 0 radical (unpaired) electrons. The fraction of sp³-hybridized carbons (Fsp3) is 0.294. The molecule has 0 aliphatic carbocycles. The quantitative estimate of drug-likeness (QED) is 0.275.